The predicted octanol–water partition coefficient (Wildman–Crippen LogP) is 2.23. The first kappa shape index (κ1) is 12.0. The van der Waals surface area contributed by atoms with E-state index in [-0.39, 0.29) is 6.42 Å². The summed E-state index contributed by atoms with van der Waals surface area (Å²) >= 11 is 0. The van der Waals surface area contributed by atoms with Gasteiger partial charge in [-0.15, -0.1) is 0 Å². The molecule has 1 N–H and O–H groups in total. The van der Waals surface area contributed by atoms with Crippen LogP contribution in [0, 0.1) is 19.8 Å². The van der Waals surface area contributed by atoms with Gasteiger partial charge in [-0.05, 0) is 38.2 Å². The van der Waals surface area contributed by atoms with Crippen LogP contribution < -0.4 is 0 Å². The van der Waals surface area contributed by atoms with Crippen LogP contribution in [0.5, 0.6) is 0 Å². The molecule has 1 aromatic rings. The summed E-state index contributed by atoms with van der Waals surface area (Å²) in [6, 6.07) is 0. The molecule has 4 nitrogen and oxygen atoms in total. The summed E-state index contributed by atoms with van der Waals surface area (Å²) in [6.07, 6.45) is 1.84. The lowest BCUT2D eigenvalue weighted by molar-refractivity contribution is -0.136. The van der Waals surface area contributed by atoms with E-state index in [0.29, 0.717) is 18.3 Å². The lowest BCUT2D eigenvalue weighted by Gasteiger charge is -2.09. The number of rotatable bonds is 4. The first-order chi connectivity index (χ1) is 7.99. The lowest BCUT2D eigenvalue weighted by Crippen LogP contribution is -2.07. The normalized spacial score (nSPS) is 22.5. The Morgan fingerprint density at radius 1 is 1.35 bits per heavy atom. The second-order valence-electron chi connectivity index (χ2n) is 4.94. The Balaban J connectivity index is 2.20. The third-order valence-electron chi connectivity index (χ3n) is 3.47. The number of hydrogen-bond donors (Lipinski definition) is 1. The number of aromatic nitrogens is 2. The van der Waals surface area contributed by atoms with Crippen LogP contribution in [0.4, 0.5) is 0 Å². The van der Waals surface area contributed by atoms with Crippen LogP contribution in [0.25, 0.3) is 0 Å². The van der Waals surface area contributed by atoms with Gasteiger partial charge in [0.05, 0.1) is 0 Å². The molecule has 17 heavy (non-hydrogen) atoms. The number of carboxylic acids is 1. The molecule has 1 aliphatic rings. The molecule has 0 aromatic carbocycles. The molecule has 4 heteroatoms. The van der Waals surface area contributed by atoms with Crippen molar-refractivity contribution in [2.45, 2.75) is 46.0 Å². The Morgan fingerprint density at radius 3 is 2.29 bits per heavy atom. The number of aryl methyl sites for hydroxylation is 2. The average molecular weight is 234 g/mol. The molecule has 1 aliphatic carbocycles. The minimum absolute atomic E-state index is 0.143. The van der Waals surface area contributed by atoms with Gasteiger partial charge in [0, 0.05) is 23.7 Å². The van der Waals surface area contributed by atoms with E-state index in [9.17, 15) is 4.79 Å². The molecule has 2 atom stereocenters. The highest BCUT2D eigenvalue weighted by Crippen LogP contribution is 2.45. The van der Waals surface area contributed by atoms with E-state index in [1.807, 2.05) is 13.8 Å². The summed E-state index contributed by atoms with van der Waals surface area (Å²) in [4.78, 5) is 19.6. The first-order valence-electron chi connectivity index (χ1n) is 6.05. The van der Waals surface area contributed by atoms with Crippen molar-refractivity contribution >= 4 is 5.97 Å². The van der Waals surface area contributed by atoms with Crippen molar-refractivity contribution in [3.8, 4) is 0 Å². The van der Waals surface area contributed by atoms with E-state index in [0.717, 1.165) is 22.8 Å². The highest BCUT2D eigenvalue weighted by atomic mass is 16.4. The van der Waals surface area contributed by atoms with Crippen molar-refractivity contribution in [3.63, 3.8) is 0 Å². The molecule has 0 bridgehead atoms. The van der Waals surface area contributed by atoms with Crippen molar-refractivity contribution in [1.29, 1.82) is 0 Å². The SMILES string of the molecule is Cc1nc(C2CC2C)nc(C)c1CCC(=O)O. The van der Waals surface area contributed by atoms with Crippen LogP contribution in [0.15, 0.2) is 0 Å². The molecule has 0 spiro atoms. The highest BCUT2D eigenvalue weighted by Gasteiger charge is 2.36. The fourth-order valence-corrected chi connectivity index (χ4v) is 2.21. The number of carboxylic acid groups (broad SMARTS) is 1. The molecule has 92 valence electrons. The summed E-state index contributed by atoms with van der Waals surface area (Å²) < 4.78 is 0. The van der Waals surface area contributed by atoms with Crippen molar-refractivity contribution in [2.75, 3.05) is 0 Å². The second kappa shape index (κ2) is 4.43. The molecular weight excluding hydrogens is 216 g/mol. The number of nitrogens with zero attached hydrogens (tertiary/aromatic N) is 2. The summed E-state index contributed by atoms with van der Waals surface area (Å²) in [7, 11) is 0. The second-order valence-corrected chi connectivity index (χ2v) is 4.94. The van der Waals surface area contributed by atoms with Crippen molar-refractivity contribution in [1.82, 2.24) is 9.97 Å². The molecule has 1 aromatic heterocycles. The van der Waals surface area contributed by atoms with Gasteiger partial charge < -0.3 is 5.11 Å². The van der Waals surface area contributed by atoms with Crippen molar-refractivity contribution < 1.29 is 9.90 Å². The molecule has 1 saturated carbocycles. The van der Waals surface area contributed by atoms with Gasteiger partial charge in [-0.3, -0.25) is 4.79 Å². The Labute approximate surface area is 101 Å². The van der Waals surface area contributed by atoms with Gasteiger partial charge in [0.2, 0.25) is 0 Å². The zero-order valence-corrected chi connectivity index (χ0v) is 10.5. The van der Waals surface area contributed by atoms with E-state index in [2.05, 4.69) is 16.9 Å². The lowest BCUT2D eigenvalue weighted by atomic mass is 10.1. The topological polar surface area (TPSA) is 63.1 Å². The average Bonchev–Trinajstić information content (AvgIpc) is 2.93. The molecule has 2 rings (SSSR count). The summed E-state index contributed by atoms with van der Waals surface area (Å²) in [5.41, 5.74) is 2.87. The molecule has 0 saturated heterocycles. The van der Waals surface area contributed by atoms with Crippen LogP contribution in [0.1, 0.15) is 48.5 Å². The zero-order valence-electron chi connectivity index (χ0n) is 10.5. The van der Waals surface area contributed by atoms with E-state index < -0.39 is 5.97 Å². The van der Waals surface area contributed by atoms with Gasteiger partial charge in [-0.25, -0.2) is 9.97 Å². The zero-order chi connectivity index (χ0) is 12.6. The molecule has 1 heterocycles. The molecule has 1 fully saturated rings. The Hall–Kier alpha value is -1.45. The monoisotopic (exact) mass is 234 g/mol. The maximum atomic E-state index is 10.6. The summed E-state index contributed by atoms with van der Waals surface area (Å²) in [5, 5.41) is 8.70. The third kappa shape index (κ3) is 2.62. The largest absolute Gasteiger partial charge is 0.481 e. The fraction of sp³-hybridized carbons (Fsp3) is 0.615. The Kier molecular flexibility index (Phi) is 3.13. The van der Waals surface area contributed by atoms with Gasteiger partial charge in [0.15, 0.2) is 0 Å². The van der Waals surface area contributed by atoms with Crippen LogP contribution in [0.3, 0.4) is 0 Å². The number of aliphatic carboxylic acids is 1. The smallest absolute Gasteiger partial charge is 0.303 e. The van der Waals surface area contributed by atoms with Crippen molar-refractivity contribution in [3.05, 3.63) is 22.8 Å². The van der Waals surface area contributed by atoms with Crippen LogP contribution >= 0.6 is 0 Å². The van der Waals surface area contributed by atoms with Gasteiger partial charge in [0.1, 0.15) is 5.82 Å². The van der Waals surface area contributed by atoms with E-state index in [4.69, 9.17) is 5.11 Å². The van der Waals surface area contributed by atoms with Crippen molar-refractivity contribution in [2.24, 2.45) is 5.92 Å². The fourth-order valence-electron chi connectivity index (χ4n) is 2.21. The minimum atomic E-state index is -0.774. The maximum absolute atomic E-state index is 10.6. The van der Waals surface area contributed by atoms with Gasteiger partial charge in [-0.1, -0.05) is 6.92 Å². The summed E-state index contributed by atoms with van der Waals surface area (Å²) in [6.45, 7) is 6.10. The van der Waals surface area contributed by atoms with E-state index >= 15 is 0 Å². The van der Waals surface area contributed by atoms with Crippen LogP contribution in [-0.4, -0.2) is 21.0 Å². The summed E-state index contributed by atoms with van der Waals surface area (Å²) in [5.74, 6) is 1.37. The van der Waals surface area contributed by atoms with Gasteiger partial charge in [-0.2, -0.15) is 0 Å². The Morgan fingerprint density at radius 2 is 1.88 bits per heavy atom. The van der Waals surface area contributed by atoms with E-state index in [1.54, 1.807) is 0 Å². The molecule has 0 radical (unpaired) electrons. The number of carbonyl (C=O) groups is 1. The number of hydrogen-bond acceptors (Lipinski definition) is 3. The third-order valence-corrected chi connectivity index (χ3v) is 3.47. The Bertz CT molecular complexity index is 434. The van der Waals surface area contributed by atoms with Gasteiger partial charge >= 0.3 is 5.97 Å². The van der Waals surface area contributed by atoms with Crippen LogP contribution in [0.2, 0.25) is 0 Å². The van der Waals surface area contributed by atoms with Gasteiger partial charge in [0.25, 0.3) is 0 Å². The highest BCUT2D eigenvalue weighted by molar-refractivity contribution is 5.67. The predicted molar refractivity (Wildman–Crippen MR) is 64.0 cm³/mol. The molecule has 0 amide bonds. The minimum Gasteiger partial charge on any atom is -0.481 e. The molecule has 2 unspecified atom stereocenters. The van der Waals surface area contributed by atoms with E-state index in [1.165, 1.54) is 6.42 Å². The van der Waals surface area contributed by atoms with Crippen LogP contribution in [-0.2, 0) is 11.2 Å². The molecule has 0 aliphatic heterocycles. The first-order valence-corrected chi connectivity index (χ1v) is 6.05. The maximum Gasteiger partial charge on any atom is 0.303 e. The quantitative estimate of drug-likeness (QED) is 0.867. The standard InChI is InChI=1S/C13H18N2O2/c1-7-6-11(7)13-14-8(2)10(9(3)15-13)4-5-12(16)17/h7,11H,4-6H2,1-3H3,(H,16,17). The molecular formula is C13H18N2O2.